The van der Waals surface area contributed by atoms with Crippen molar-refractivity contribution in [3.05, 3.63) is 59.2 Å². The lowest BCUT2D eigenvalue weighted by Crippen LogP contribution is -1.99. The van der Waals surface area contributed by atoms with Crippen molar-refractivity contribution in [3.8, 4) is 11.3 Å². The number of rotatable bonds is 6. The Kier molecular flexibility index (Phi) is 5.06. The van der Waals surface area contributed by atoms with Gasteiger partial charge in [0.1, 0.15) is 0 Å². The molecule has 0 bridgehead atoms. The monoisotopic (exact) mass is 320 g/mol. The third-order valence-corrected chi connectivity index (χ3v) is 4.82. The van der Waals surface area contributed by atoms with E-state index in [9.17, 15) is 0 Å². The Morgan fingerprint density at radius 3 is 2.42 bits per heavy atom. The number of unbranched alkanes of at least 4 members (excludes halogenated alkanes) is 1. The zero-order valence-corrected chi connectivity index (χ0v) is 15.0. The predicted octanol–water partition coefficient (Wildman–Crippen LogP) is 5.55. The van der Waals surface area contributed by atoms with Gasteiger partial charge >= 0.3 is 0 Å². The first-order valence-electron chi connectivity index (χ1n) is 9.02. The van der Waals surface area contributed by atoms with Crippen LogP contribution in [0.1, 0.15) is 49.3 Å². The van der Waals surface area contributed by atoms with Gasteiger partial charge in [0.2, 0.25) is 0 Å². The van der Waals surface area contributed by atoms with Crippen LogP contribution in [0, 0.1) is 6.92 Å². The third kappa shape index (κ3) is 3.25. The van der Waals surface area contributed by atoms with Crippen molar-refractivity contribution in [2.75, 3.05) is 6.54 Å². The molecule has 3 aromatic rings. The van der Waals surface area contributed by atoms with Crippen molar-refractivity contribution < 1.29 is 0 Å². The van der Waals surface area contributed by atoms with Crippen LogP contribution in [-0.4, -0.2) is 11.5 Å². The van der Waals surface area contributed by atoms with Gasteiger partial charge in [-0.25, -0.2) is 0 Å². The second kappa shape index (κ2) is 7.23. The first-order valence-corrected chi connectivity index (χ1v) is 9.02. The van der Waals surface area contributed by atoms with Gasteiger partial charge in [-0.2, -0.15) is 0 Å². The molecular formula is C22H28N2. The quantitative estimate of drug-likeness (QED) is 0.575. The second-order valence-electron chi connectivity index (χ2n) is 7.01. The summed E-state index contributed by atoms with van der Waals surface area (Å²) < 4.78 is 0. The molecule has 0 atom stereocenters. The van der Waals surface area contributed by atoms with Crippen LogP contribution < -0.4 is 5.73 Å². The van der Waals surface area contributed by atoms with Crippen LogP contribution in [0.25, 0.3) is 22.2 Å². The summed E-state index contributed by atoms with van der Waals surface area (Å²) in [5.41, 5.74) is 13.7. The van der Waals surface area contributed by atoms with Crippen LogP contribution >= 0.6 is 0 Å². The summed E-state index contributed by atoms with van der Waals surface area (Å²) in [5.74, 6) is 0.509. The Bertz CT molecular complexity index is 810. The molecule has 2 heteroatoms. The van der Waals surface area contributed by atoms with Crippen molar-refractivity contribution in [3.63, 3.8) is 0 Å². The summed E-state index contributed by atoms with van der Waals surface area (Å²) in [6, 6.07) is 15.5. The van der Waals surface area contributed by atoms with E-state index in [0.717, 1.165) is 25.8 Å². The van der Waals surface area contributed by atoms with E-state index < -0.39 is 0 Å². The van der Waals surface area contributed by atoms with Crippen LogP contribution in [0.2, 0.25) is 0 Å². The van der Waals surface area contributed by atoms with Crippen molar-refractivity contribution in [1.82, 2.24) is 4.98 Å². The van der Waals surface area contributed by atoms with Crippen LogP contribution in [0.3, 0.4) is 0 Å². The van der Waals surface area contributed by atoms with Crippen LogP contribution in [0.4, 0.5) is 0 Å². The number of aromatic amines is 1. The van der Waals surface area contributed by atoms with Crippen molar-refractivity contribution in [2.24, 2.45) is 5.73 Å². The van der Waals surface area contributed by atoms with Gasteiger partial charge in [0.15, 0.2) is 0 Å². The number of hydrogen-bond acceptors (Lipinski definition) is 1. The lowest BCUT2D eigenvalue weighted by molar-refractivity contribution is 0.748. The molecule has 2 aromatic carbocycles. The van der Waals surface area contributed by atoms with Gasteiger partial charge in [-0.05, 0) is 55.3 Å². The van der Waals surface area contributed by atoms with Gasteiger partial charge in [0.05, 0.1) is 0 Å². The SMILES string of the molecule is Cc1ccc(-c2[nH]c3c(C(C)C)cccc3c2CCCCN)cc1. The molecule has 0 aliphatic heterocycles. The highest BCUT2D eigenvalue weighted by atomic mass is 14.7. The molecule has 0 saturated carbocycles. The number of para-hydroxylation sites is 1. The third-order valence-electron chi connectivity index (χ3n) is 4.82. The highest BCUT2D eigenvalue weighted by molar-refractivity contribution is 5.93. The number of hydrogen-bond donors (Lipinski definition) is 2. The van der Waals surface area contributed by atoms with Crippen LogP contribution in [-0.2, 0) is 6.42 Å². The van der Waals surface area contributed by atoms with Gasteiger partial charge in [0.25, 0.3) is 0 Å². The Morgan fingerprint density at radius 1 is 1.00 bits per heavy atom. The standard InChI is InChI=1S/C22H28N2/c1-15(2)18-8-6-9-20-19(7-4-5-14-23)21(24-22(18)20)17-12-10-16(3)11-13-17/h6,8-13,15,24H,4-5,7,14,23H2,1-3H3. The highest BCUT2D eigenvalue weighted by Crippen LogP contribution is 2.35. The molecule has 126 valence electrons. The van der Waals surface area contributed by atoms with E-state index in [-0.39, 0.29) is 0 Å². The minimum Gasteiger partial charge on any atom is -0.354 e. The van der Waals surface area contributed by atoms with E-state index in [0.29, 0.717) is 5.92 Å². The molecule has 1 heterocycles. The number of benzene rings is 2. The highest BCUT2D eigenvalue weighted by Gasteiger charge is 2.16. The zero-order chi connectivity index (χ0) is 17.1. The Balaban J connectivity index is 2.16. The summed E-state index contributed by atoms with van der Waals surface area (Å²) in [4.78, 5) is 3.75. The van der Waals surface area contributed by atoms with E-state index in [1.54, 1.807) is 0 Å². The van der Waals surface area contributed by atoms with E-state index in [4.69, 9.17) is 5.73 Å². The zero-order valence-electron chi connectivity index (χ0n) is 15.0. The molecule has 0 spiro atoms. The molecular weight excluding hydrogens is 292 g/mol. The predicted molar refractivity (Wildman–Crippen MR) is 105 cm³/mol. The molecule has 0 amide bonds. The number of aryl methyl sites for hydroxylation is 2. The van der Waals surface area contributed by atoms with Gasteiger partial charge in [-0.1, -0.05) is 61.9 Å². The molecule has 3 rings (SSSR count). The summed E-state index contributed by atoms with van der Waals surface area (Å²) in [6.45, 7) is 7.41. The molecule has 0 unspecified atom stereocenters. The maximum atomic E-state index is 5.70. The fourth-order valence-corrected chi connectivity index (χ4v) is 3.45. The Labute approximate surface area is 145 Å². The molecule has 0 aliphatic rings. The number of nitrogens with two attached hydrogens (primary N) is 1. The molecule has 0 fully saturated rings. The van der Waals surface area contributed by atoms with Crippen molar-refractivity contribution in [1.29, 1.82) is 0 Å². The van der Waals surface area contributed by atoms with Gasteiger partial charge in [0, 0.05) is 16.6 Å². The average molecular weight is 320 g/mol. The van der Waals surface area contributed by atoms with Gasteiger partial charge in [-0.15, -0.1) is 0 Å². The first-order chi connectivity index (χ1) is 11.6. The van der Waals surface area contributed by atoms with E-state index in [1.165, 1.54) is 38.9 Å². The van der Waals surface area contributed by atoms with E-state index >= 15 is 0 Å². The smallest absolute Gasteiger partial charge is 0.0497 e. The molecule has 24 heavy (non-hydrogen) atoms. The van der Waals surface area contributed by atoms with Crippen molar-refractivity contribution in [2.45, 2.75) is 46.0 Å². The van der Waals surface area contributed by atoms with Crippen LogP contribution in [0.5, 0.6) is 0 Å². The van der Waals surface area contributed by atoms with E-state index in [2.05, 4.69) is 68.2 Å². The van der Waals surface area contributed by atoms with Crippen LogP contribution in [0.15, 0.2) is 42.5 Å². The number of H-pyrrole nitrogens is 1. The van der Waals surface area contributed by atoms with Gasteiger partial charge < -0.3 is 10.7 Å². The number of aromatic nitrogens is 1. The maximum absolute atomic E-state index is 5.70. The molecule has 0 radical (unpaired) electrons. The first kappa shape index (κ1) is 16.8. The summed E-state index contributed by atoms with van der Waals surface area (Å²) in [7, 11) is 0. The number of fused-ring (bicyclic) bond motifs is 1. The second-order valence-corrected chi connectivity index (χ2v) is 7.01. The topological polar surface area (TPSA) is 41.8 Å². The lowest BCUT2D eigenvalue weighted by atomic mass is 9.96. The summed E-state index contributed by atoms with van der Waals surface area (Å²) in [5, 5.41) is 1.37. The van der Waals surface area contributed by atoms with Gasteiger partial charge in [-0.3, -0.25) is 0 Å². The van der Waals surface area contributed by atoms with E-state index in [1.807, 2.05) is 0 Å². The minimum atomic E-state index is 0.509. The fraction of sp³-hybridized carbons (Fsp3) is 0.364. The average Bonchev–Trinajstić information content (AvgIpc) is 2.94. The Morgan fingerprint density at radius 2 is 1.75 bits per heavy atom. The normalized spacial score (nSPS) is 11.5. The number of nitrogens with one attached hydrogen (secondary N) is 1. The summed E-state index contributed by atoms with van der Waals surface area (Å²) >= 11 is 0. The fourth-order valence-electron chi connectivity index (χ4n) is 3.45. The molecule has 3 N–H and O–H groups in total. The molecule has 0 saturated heterocycles. The maximum Gasteiger partial charge on any atom is 0.0497 e. The molecule has 0 aliphatic carbocycles. The lowest BCUT2D eigenvalue weighted by Gasteiger charge is -2.07. The summed E-state index contributed by atoms with van der Waals surface area (Å²) in [6.07, 6.45) is 3.28. The molecule has 2 nitrogen and oxygen atoms in total. The molecule has 1 aromatic heterocycles. The van der Waals surface area contributed by atoms with Crippen molar-refractivity contribution >= 4 is 10.9 Å². The Hall–Kier alpha value is -2.06. The minimum absolute atomic E-state index is 0.509. The largest absolute Gasteiger partial charge is 0.354 e.